The molecule has 0 aliphatic carbocycles. The number of pyridine rings is 2. The van der Waals surface area contributed by atoms with Crippen molar-refractivity contribution in [2.24, 2.45) is 0 Å². The van der Waals surface area contributed by atoms with Crippen LogP contribution in [0.25, 0.3) is 49.0 Å². The molecule has 3 aromatic heterocycles. The van der Waals surface area contributed by atoms with E-state index in [1.54, 1.807) is 0 Å². The molecule has 6 aromatic rings. The third-order valence-corrected chi connectivity index (χ3v) is 4.79. The Balaban J connectivity index is 2.01. The van der Waals surface area contributed by atoms with Gasteiger partial charge in [-0.15, -0.1) is 0 Å². The monoisotopic (exact) mass is 293 g/mol. The number of benzene rings is 3. The van der Waals surface area contributed by atoms with Gasteiger partial charge in [0.2, 0.25) is 0 Å². The van der Waals surface area contributed by atoms with Crippen LogP contribution in [0.4, 0.5) is 0 Å². The smallest absolute Gasteiger partial charge is 0.145 e. The minimum atomic E-state index is 1.02. The van der Waals surface area contributed by atoms with Gasteiger partial charge in [-0.3, -0.25) is 9.38 Å². The number of para-hydroxylation sites is 2. The molecule has 0 aliphatic rings. The molecule has 0 saturated heterocycles. The SMILES string of the molecule is c1ccc2c(c1)nc1c3ccc4cncc5ccc(cn21)c3c54. The summed E-state index contributed by atoms with van der Waals surface area (Å²) in [5.74, 6) is 0. The van der Waals surface area contributed by atoms with Crippen molar-refractivity contribution in [3.63, 3.8) is 0 Å². The number of hydrogen-bond acceptors (Lipinski definition) is 2. The maximum Gasteiger partial charge on any atom is 0.145 e. The first-order valence-electron chi connectivity index (χ1n) is 7.68. The van der Waals surface area contributed by atoms with Crippen molar-refractivity contribution < 1.29 is 0 Å². The van der Waals surface area contributed by atoms with Gasteiger partial charge in [-0.25, -0.2) is 4.98 Å². The van der Waals surface area contributed by atoms with E-state index in [2.05, 4.69) is 58.0 Å². The Morgan fingerprint density at radius 2 is 1.52 bits per heavy atom. The predicted molar refractivity (Wildman–Crippen MR) is 94.2 cm³/mol. The summed E-state index contributed by atoms with van der Waals surface area (Å²) in [5, 5.41) is 7.36. The number of aromatic nitrogens is 3. The summed E-state index contributed by atoms with van der Waals surface area (Å²) in [5.41, 5.74) is 3.20. The quantitative estimate of drug-likeness (QED) is 0.377. The Morgan fingerprint density at radius 1 is 0.739 bits per heavy atom. The lowest BCUT2D eigenvalue weighted by Crippen LogP contribution is -1.91. The molecule has 0 amide bonds. The van der Waals surface area contributed by atoms with Crippen molar-refractivity contribution in [1.82, 2.24) is 14.4 Å². The summed E-state index contributed by atoms with van der Waals surface area (Å²) in [6.45, 7) is 0. The topological polar surface area (TPSA) is 30.2 Å². The lowest BCUT2D eigenvalue weighted by Gasteiger charge is -2.11. The first kappa shape index (κ1) is 11.4. The van der Waals surface area contributed by atoms with Gasteiger partial charge < -0.3 is 0 Å². The van der Waals surface area contributed by atoms with E-state index in [1.807, 2.05) is 18.5 Å². The van der Waals surface area contributed by atoms with E-state index >= 15 is 0 Å². The summed E-state index contributed by atoms with van der Waals surface area (Å²) < 4.78 is 2.20. The lowest BCUT2D eigenvalue weighted by molar-refractivity contribution is 1.26. The molecule has 3 nitrogen and oxygen atoms in total. The molecule has 0 N–H and O–H groups in total. The van der Waals surface area contributed by atoms with Crippen molar-refractivity contribution in [2.75, 3.05) is 0 Å². The molecule has 6 rings (SSSR count). The zero-order chi connectivity index (χ0) is 15.0. The van der Waals surface area contributed by atoms with Crippen LogP contribution in [0.1, 0.15) is 0 Å². The van der Waals surface area contributed by atoms with Crippen molar-refractivity contribution in [3.05, 3.63) is 67.1 Å². The maximum absolute atomic E-state index is 4.87. The molecule has 0 atom stereocenters. The van der Waals surface area contributed by atoms with E-state index in [1.165, 1.54) is 32.3 Å². The molecule has 0 saturated carbocycles. The van der Waals surface area contributed by atoms with E-state index < -0.39 is 0 Å². The molecule has 106 valence electrons. The molecule has 0 bridgehead atoms. The highest BCUT2D eigenvalue weighted by molar-refractivity contribution is 6.25. The molecule has 0 aliphatic heterocycles. The Labute approximate surface area is 131 Å². The third kappa shape index (κ3) is 1.30. The van der Waals surface area contributed by atoms with Gasteiger partial charge in [0.25, 0.3) is 0 Å². The van der Waals surface area contributed by atoms with Crippen LogP contribution in [0.2, 0.25) is 0 Å². The van der Waals surface area contributed by atoms with Crippen molar-refractivity contribution in [1.29, 1.82) is 0 Å². The largest absolute Gasteiger partial charge is 0.299 e. The Hall–Kier alpha value is -3.20. The van der Waals surface area contributed by atoms with E-state index in [4.69, 9.17) is 4.98 Å². The van der Waals surface area contributed by atoms with E-state index in [0.717, 1.165) is 16.7 Å². The fraction of sp³-hybridized carbons (Fsp3) is 0. The molecule has 0 fully saturated rings. The van der Waals surface area contributed by atoms with Gasteiger partial charge >= 0.3 is 0 Å². The Kier molecular flexibility index (Phi) is 1.86. The molecule has 3 heteroatoms. The first-order chi connectivity index (χ1) is 11.4. The number of rotatable bonds is 0. The van der Waals surface area contributed by atoms with Gasteiger partial charge in [-0.1, -0.05) is 30.3 Å². The molecule has 23 heavy (non-hydrogen) atoms. The van der Waals surface area contributed by atoms with Crippen LogP contribution >= 0.6 is 0 Å². The van der Waals surface area contributed by atoms with Crippen LogP contribution in [-0.2, 0) is 0 Å². The van der Waals surface area contributed by atoms with Gasteiger partial charge in [0, 0.05) is 45.5 Å². The second-order valence-electron chi connectivity index (χ2n) is 6.03. The molecule has 3 aromatic carbocycles. The van der Waals surface area contributed by atoms with Gasteiger partial charge in [0.15, 0.2) is 0 Å². The summed E-state index contributed by atoms with van der Waals surface area (Å²) >= 11 is 0. The Morgan fingerprint density at radius 3 is 2.43 bits per heavy atom. The van der Waals surface area contributed by atoms with Crippen molar-refractivity contribution >= 4 is 49.0 Å². The normalized spacial score (nSPS) is 12.3. The predicted octanol–water partition coefficient (Wildman–Crippen LogP) is 4.78. The van der Waals surface area contributed by atoms with Crippen LogP contribution in [0.3, 0.4) is 0 Å². The maximum atomic E-state index is 4.87. The van der Waals surface area contributed by atoms with E-state index in [9.17, 15) is 0 Å². The van der Waals surface area contributed by atoms with Gasteiger partial charge in [0.05, 0.1) is 11.0 Å². The number of fused-ring (bicyclic) bond motifs is 4. The summed E-state index contributed by atoms with van der Waals surface area (Å²) in [6, 6.07) is 16.9. The average Bonchev–Trinajstić information content (AvgIpc) is 2.98. The second-order valence-corrected chi connectivity index (χ2v) is 6.03. The standard InChI is InChI=1S/C20H11N3/c1-2-4-17-16(3-1)22-20-15-8-7-13-10-21-9-12-5-6-14(11-23(17)20)19(15)18(12)13/h1-11H. The van der Waals surface area contributed by atoms with Crippen LogP contribution in [0.5, 0.6) is 0 Å². The van der Waals surface area contributed by atoms with Crippen LogP contribution in [-0.4, -0.2) is 14.4 Å². The third-order valence-electron chi connectivity index (χ3n) is 4.79. The second kappa shape index (κ2) is 3.76. The Bertz CT molecular complexity index is 1350. The highest BCUT2D eigenvalue weighted by Gasteiger charge is 2.13. The lowest BCUT2D eigenvalue weighted by atomic mass is 9.97. The average molecular weight is 293 g/mol. The number of nitrogens with zero attached hydrogens (tertiary/aromatic N) is 3. The molecule has 0 radical (unpaired) electrons. The molecular formula is C20H11N3. The minimum absolute atomic E-state index is 1.02. The molecule has 0 unspecified atom stereocenters. The van der Waals surface area contributed by atoms with E-state index in [-0.39, 0.29) is 0 Å². The van der Waals surface area contributed by atoms with Gasteiger partial charge in [0.1, 0.15) is 5.65 Å². The van der Waals surface area contributed by atoms with Crippen LogP contribution in [0.15, 0.2) is 67.1 Å². The highest BCUT2D eigenvalue weighted by Crippen LogP contribution is 2.36. The van der Waals surface area contributed by atoms with Crippen LogP contribution < -0.4 is 0 Å². The first-order valence-corrected chi connectivity index (χ1v) is 7.68. The fourth-order valence-corrected chi connectivity index (χ4v) is 3.79. The number of hydrogen-bond donors (Lipinski definition) is 0. The summed E-state index contributed by atoms with van der Waals surface area (Å²) in [4.78, 5) is 9.21. The number of imidazole rings is 1. The molecular weight excluding hydrogens is 282 g/mol. The van der Waals surface area contributed by atoms with Crippen molar-refractivity contribution in [2.45, 2.75) is 0 Å². The van der Waals surface area contributed by atoms with Crippen molar-refractivity contribution in [3.8, 4) is 0 Å². The zero-order valence-corrected chi connectivity index (χ0v) is 12.2. The van der Waals surface area contributed by atoms with Gasteiger partial charge in [-0.05, 0) is 23.6 Å². The molecule has 3 heterocycles. The highest BCUT2D eigenvalue weighted by atomic mass is 15.0. The fourth-order valence-electron chi connectivity index (χ4n) is 3.79. The summed E-state index contributed by atoms with van der Waals surface area (Å²) in [6.07, 6.45) is 6.08. The van der Waals surface area contributed by atoms with Gasteiger partial charge in [-0.2, -0.15) is 0 Å². The zero-order valence-electron chi connectivity index (χ0n) is 12.2. The summed E-state index contributed by atoms with van der Waals surface area (Å²) in [7, 11) is 0. The minimum Gasteiger partial charge on any atom is -0.299 e. The molecule has 0 spiro atoms. The van der Waals surface area contributed by atoms with Crippen LogP contribution in [0, 0.1) is 0 Å². The van der Waals surface area contributed by atoms with E-state index in [0.29, 0.717) is 0 Å².